The molecule has 5 nitrogen and oxygen atoms in total. The van der Waals surface area contributed by atoms with Gasteiger partial charge in [0.1, 0.15) is 0 Å². The van der Waals surface area contributed by atoms with E-state index in [1.165, 1.54) is 31.0 Å². The summed E-state index contributed by atoms with van der Waals surface area (Å²) in [5, 5.41) is 13.8. The quantitative estimate of drug-likeness (QED) is 0.422. The molecule has 0 aliphatic heterocycles. The van der Waals surface area contributed by atoms with Crippen LogP contribution in [0.5, 0.6) is 0 Å². The maximum Gasteiger partial charge on any atom is 0.230 e. The highest BCUT2D eigenvalue weighted by atomic mass is 35.5. The molecular formula is C27H29ClN4OS. The first-order valence-corrected chi connectivity index (χ1v) is 13.6. The van der Waals surface area contributed by atoms with Crippen LogP contribution in [0.15, 0.2) is 59.8 Å². The van der Waals surface area contributed by atoms with Gasteiger partial charge in [0.15, 0.2) is 11.0 Å². The highest BCUT2D eigenvalue weighted by Crippen LogP contribution is 2.55. The Hall–Kier alpha value is -2.31. The number of aromatic nitrogens is 3. The minimum absolute atomic E-state index is 0.0346. The van der Waals surface area contributed by atoms with Crippen LogP contribution in [0.3, 0.4) is 0 Å². The minimum Gasteiger partial charge on any atom is -0.350 e. The van der Waals surface area contributed by atoms with Crippen molar-refractivity contribution in [3.8, 4) is 11.4 Å². The molecule has 1 aromatic heterocycles. The lowest BCUT2D eigenvalue weighted by Crippen LogP contribution is -2.60. The number of thioether (sulfide) groups is 1. The monoisotopic (exact) mass is 492 g/mol. The molecule has 0 unspecified atom stereocenters. The second-order valence-electron chi connectivity index (χ2n) is 10.4. The van der Waals surface area contributed by atoms with Gasteiger partial charge < -0.3 is 5.32 Å². The standard InChI is InChI=1S/C27H29ClN4OS/c28-23-9-5-4-8-22(23)25-30-31-26(32(25)16-18-6-2-1-3-7-18)34-17-24(33)29-27-13-19-10-20(14-27)12-21(11-19)15-27/h1-9,19-21H,10-17H2,(H,29,33). The van der Waals surface area contributed by atoms with Gasteiger partial charge in [0.25, 0.3) is 0 Å². The van der Waals surface area contributed by atoms with Gasteiger partial charge in [-0.3, -0.25) is 9.36 Å². The Morgan fingerprint density at radius 2 is 1.62 bits per heavy atom. The maximum atomic E-state index is 13.1. The summed E-state index contributed by atoms with van der Waals surface area (Å²) in [6.45, 7) is 0.618. The highest BCUT2D eigenvalue weighted by Gasteiger charge is 2.51. The molecule has 4 saturated carbocycles. The minimum atomic E-state index is 0.0346. The Kier molecular flexibility index (Phi) is 5.90. The average molecular weight is 493 g/mol. The fourth-order valence-corrected chi connectivity index (χ4v) is 7.83. The van der Waals surface area contributed by atoms with E-state index in [2.05, 4.69) is 32.2 Å². The molecule has 0 radical (unpaired) electrons. The van der Waals surface area contributed by atoms with E-state index in [-0.39, 0.29) is 11.4 Å². The molecule has 34 heavy (non-hydrogen) atoms. The molecule has 0 saturated heterocycles. The molecule has 1 heterocycles. The third-order valence-corrected chi connectivity index (χ3v) is 9.09. The van der Waals surface area contributed by atoms with Crippen molar-refractivity contribution in [3.63, 3.8) is 0 Å². The maximum absolute atomic E-state index is 13.1. The number of carbonyl (C=O) groups is 1. The number of hydrogen-bond donors (Lipinski definition) is 1. The zero-order chi connectivity index (χ0) is 23.1. The zero-order valence-electron chi connectivity index (χ0n) is 19.1. The van der Waals surface area contributed by atoms with E-state index in [0.717, 1.165) is 59.1 Å². The Balaban J connectivity index is 1.20. The van der Waals surface area contributed by atoms with Crippen LogP contribution in [0.2, 0.25) is 5.02 Å². The molecule has 4 aliphatic rings. The molecule has 7 rings (SSSR count). The summed E-state index contributed by atoms with van der Waals surface area (Å²) >= 11 is 7.95. The molecule has 0 atom stereocenters. The SMILES string of the molecule is O=C(CSc1nnc(-c2ccccc2Cl)n1Cc1ccccc1)NC12CC3CC(CC(C3)C1)C2. The van der Waals surface area contributed by atoms with Crippen LogP contribution >= 0.6 is 23.4 Å². The molecule has 4 bridgehead atoms. The molecule has 4 fully saturated rings. The van der Waals surface area contributed by atoms with Crippen LogP contribution in [0.4, 0.5) is 0 Å². The van der Waals surface area contributed by atoms with Crippen LogP contribution in [0, 0.1) is 17.8 Å². The van der Waals surface area contributed by atoms with E-state index in [1.54, 1.807) is 0 Å². The summed E-state index contributed by atoms with van der Waals surface area (Å²) in [6.07, 6.45) is 7.61. The first-order valence-electron chi connectivity index (χ1n) is 12.2. The van der Waals surface area contributed by atoms with Gasteiger partial charge >= 0.3 is 0 Å². The van der Waals surface area contributed by atoms with Crippen LogP contribution in [0.1, 0.15) is 44.1 Å². The molecule has 4 aliphatic carbocycles. The second kappa shape index (κ2) is 9.04. The predicted molar refractivity (Wildman–Crippen MR) is 136 cm³/mol. The summed E-state index contributed by atoms with van der Waals surface area (Å²) in [4.78, 5) is 13.1. The van der Waals surface area contributed by atoms with Crippen molar-refractivity contribution in [2.24, 2.45) is 17.8 Å². The number of benzene rings is 2. The molecule has 176 valence electrons. The van der Waals surface area contributed by atoms with Crippen LogP contribution < -0.4 is 5.32 Å². The van der Waals surface area contributed by atoms with Gasteiger partial charge in [0, 0.05) is 11.1 Å². The van der Waals surface area contributed by atoms with Crippen molar-refractivity contribution in [3.05, 3.63) is 65.2 Å². The average Bonchev–Trinajstić information content (AvgIpc) is 3.19. The number of nitrogens with one attached hydrogen (secondary N) is 1. The van der Waals surface area contributed by atoms with Gasteiger partial charge in [0.2, 0.25) is 5.91 Å². The molecule has 2 aromatic carbocycles. The van der Waals surface area contributed by atoms with E-state index in [0.29, 0.717) is 17.3 Å². The lowest BCUT2D eigenvalue weighted by atomic mass is 9.53. The zero-order valence-corrected chi connectivity index (χ0v) is 20.7. The molecule has 1 N–H and O–H groups in total. The van der Waals surface area contributed by atoms with E-state index in [9.17, 15) is 4.79 Å². The van der Waals surface area contributed by atoms with Gasteiger partial charge in [-0.15, -0.1) is 10.2 Å². The Labute approximate surface area is 209 Å². The Morgan fingerprint density at radius 1 is 0.971 bits per heavy atom. The van der Waals surface area contributed by atoms with Gasteiger partial charge in [-0.1, -0.05) is 65.8 Å². The van der Waals surface area contributed by atoms with Crippen molar-refractivity contribution in [2.45, 2.75) is 55.8 Å². The van der Waals surface area contributed by atoms with Gasteiger partial charge in [-0.25, -0.2) is 0 Å². The normalized spacial score (nSPS) is 27.1. The largest absolute Gasteiger partial charge is 0.350 e. The third kappa shape index (κ3) is 4.38. The summed E-state index contributed by atoms with van der Waals surface area (Å²) in [5.74, 6) is 3.61. The van der Waals surface area contributed by atoms with Crippen LogP contribution in [0.25, 0.3) is 11.4 Å². The lowest BCUT2D eigenvalue weighted by molar-refractivity contribution is -0.124. The molecule has 7 heteroatoms. The van der Waals surface area contributed by atoms with Crippen molar-refractivity contribution in [1.29, 1.82) is 0 Å². The van der Waals surface area contributed by atoms with E-state index >= 15 is 0 Å². The predicted octanol–water partition coefficient (Wildman–Crippen LogP) is 5.82. The summed E-state index contributed by atoms with van der Waals surface area (Å²) in [7, 11) is 0. The third-order valence-electron chi connectivity index (χ3n) is 7.79. The van der Waals surface area contributed by atoms with Crippen molar-refractivity contribution >= 4 is 29.3 Å². The highest BCUT2D eigenvalue weighted by molar-refractivity contribution is 7.99. The van der Waals surface area contributed by atoms with E-state index in [4.69, 9.17) is 11.6 Å². The van der Waals surface area contributed by atoms with E-state index < -0.39 is 0 Å². The molecular weight excluding hydrogens is 464 g/mol. The Bertz CT molecular complexity index is 1160. The molecule has 3 aromatic rings. The van der Waals surface area contributed by atoms with Crippen LogP contribution in [-0.4, -0.2) is 32.0 Å². The lowest BCUT2D eigenvalue weighted by Gasteiger charge is -2.56. The number of carbonyl (C=O) groups excluding carboxylic acids is 1. The summed E-state index contributed by atoms with van der Waals surface area (Å²) in [6, 6.07) is 17.9. The first kappa shape index (κ1) is 22.2. The van der Waals surface area contributed by atoms with Crippen molar-refractivity contribution in [2.75, 3.05) is 5.75 Å². The number of rotatable bonds is 7. The van der Waals surface area contributed by atoms with Gasteiger partial charge in [-0.2, -0.15) is 0 Å². The first-order chi connectivity index (χ1) is 16.6. The topological polar surface area (TPSA) is 59.8 Å². The molecule has 1 amide bonds. The second-order valence-corrected chi connectivity index (χ2v) is 11.7. The number of hydrogen-bond acceptors (Lipinski definition) is 4. The number of halogens is 1. The smallest absolute Gasteiger partial charge is 0.230 e. The van der Waals surface area contributed by atoms with Gasteiger partial charge in [-0.05, 0) is 74.0 Å². The molecule has 0 spiro atoms. The van der Waals surface area contributed by atoms with Crippen molar-refractivity contribution < 1.29 is 4.79 Å². The van der Waals surface area contributed by atoms with Gasteiger partial charge in [0.05, 0.1) is 17.3 Å². The van der Waals surface area contributed by atoms with Crippen LogP contribution in [-0.2, 0) is 11.3 Å². The summed E-state index contributed by atoms with van der Waals surface area (Å²) < 4.78 is 2.07. The summed E-state index contributed by atoms with van der Waals surface area (Å²) in [5.41, 5.74) is 2.03. The van der Waals surface area contributed by atoms with Crippen molar-refractivity contribution in [1.82, 2.24) is 20.1 Å². The number of amides is 1. The number of nitrogens with zero attached hydrogens (tertiary/aromatic N) is 3. The Morgan fingerprint density at radius 3 is 2.29 bits per heavy atom. The fraction of sp³-hybridized carbons (Fsp3) is 0.444. The van der Waals surface area contributed by atoms with E-state index in [1.807, 2.05) is 42.5 Å². The fourth-order valence-electron chi connectivity index (χ4n) is 6.87.